The van der Waals surface area contributed by atoms with Crippen molar-refractivity contribution in [3.63, 3.8) is 0 Å². The third kappa shape index (κ3) is 3.73. The van der Waals surface area contributed by atoms with Crippen molar-refractivity contribution in [2.75, 3.05) is 0 Å². The zero-order valence-electron chi connectivity index (χ0n) is 12.8. The minimum absolute atomic E-state index is 0.114. The monoisotopic (exact) mass is 298 g/mol. The van der Waals surface area contributed by atoms with Gasteiger partial charge in [-0.25, -0.2) is 4.79 Å². The molecule has 114 valence electrons. The number of ether oxygens (including phenoxy) is 2. The van der Waals surface area contributed by atoms with E-state index < -0.39 is 11.6 Å². The molecule has 0 saturated carbocycles. The van der Waals surface area contributed by atoms with Crippen LogP contribution in [-0.2, 0) is 4.79 Å². The molecule has 0 aromatic heterocycles. The van der Waals surface area contributed by atoms with Gasteiger partial charge in [0.2, 0.25) is 0 Å². The number of hydrogen-bond donors (Lipinski definition) is 0. The Morgan fingerprint density at radius 1 is 0.864 bits per heavy atom. The van der Waals surface area contributed by atoms with E-state index in [1.807, 2.05) is 6.07 Å². The molecule has 0 N–H and O–H groups in total. The van der Waals surface area contributed by atoms with Crippen molar-refractivity contribution >= 4 is 11.8 Å². The summed E-state index contributed by atoms with van der Waals surface area (Å²) < 4.78 is 11.1. The molecule has 0 aliphatic rings. The van der Waals surface area contributed by atoms with E-state index in [0.29, 0.717) is 11.3 Å². The van der Waals surface area contributed by atoms with Gasteiger partial charge in [-0.3, -0.25) is 4.79 Å². The predicted molar refractivity (Wildman–Crippen MR) is 83.2 cm³/mol. The van der Waals surface area contributed by atoms with E-state index in [1.165, 1.54) is 6.92 Å². The molecule has 0 heterocycles. The maximum atomic E-state index is 12.1. The van der Waals surface area contributed by atoms with Crippen LogP contribution < -0.4 is 9.47 Å². The fourth-order valence-corrected chi connectivity index (χ4v) is 1.70. The van der Waals surface area contributed by atoms with Crippen molar-refractivity contribution in [2.45, 2.75) is 26.4 Å². The minimum Gasteiger partial charge on any atom is -0.476 e. The van der Waals surface area contributed by atoms with Gasteiger partial charge in [-0.05, 0) is 45.0 Å². The average molecular weight is 298 g/mol. The molecule has 0 aliphatic carbocycles. The Kier molecular flexibility index (Phi) is 4.61. The lowest BCUT2D eigenvalue weighted by Crippen LogP contribution is -2.36. The van der Waals surface area contributed by atoms with Crippen molar-refractivity contribution in [1.29, 1.82) is 0 Å². The number of hydrogen-bond acceptors (Lipinski definition) is 4. The second-order valence-corrected chi connectivity index (χ2v) is 5.37. The van der Waals surface area contributed by atoms with Crippen LogP contribution in [0, 0.1) is 0 Å². The average Bonchev–Trinajstić information content (AvgIpc) is 2.49. The summed E-state index contributed by atoms with van der Waals surface area (Å²) in [7, 11) is 0. The first-order chi connectivity index (χ1) is 10.4. The molecule has 0 fully saturated rings. The molecule has 0 radical (unpaired) electrons. The van der Waals surface area contributed by atoms with Gasteiger partial charge in [0.1, 0.15) is 0 Å². The van der Waals surface area contributed by atoms with Crippen LogP contribution in [0.2, 0.25) is 0 Å². The maximum Gasteiger partial charge on any atom is 0.343 e. The van der Waals surface area contributed by atoms with E-state index in [-0.39, 0.29) is 11.5 Å². The third-order valence-electron chi connectivity index (χ3n) is 3.27. The summed E-state index contributed by atoms with van der Waals surface area (Å²) in [6.07, 6.45) is 0. The van der Waals surface area contributed by atoms with Gasteiger partial charge in [0.25, 0.3) is 0 Å². The first kappa shape index (κ1) is 15.8. The quantitative estimate of drug-likeness (QED) is 0.624. The summed E-state index contributed by atoms with van der Waals surface area (Å²) in [6, 6.07) is 15.5. The first-order valence-corrected chi connectivity index (χ1v) is 6.96. The molecule has 0 unspecified atom stereocenters. The molecule has 0 spiro atoms. The second kappa shape index (κ2) is 6.43. The summed E-state index contributed by atoms with van der Waals surface area (Å²) >= 11 is 0. The van der Waals surface area contributed by atoms with E-state index in [1.54, 1.807) is 62.4 Å². The summed E-state index contributed by atoms with van der Waals surface area (Å²) in [5, 5.41) is 0. The van der Waals surface area contributed by atoms with E-state index in [4.69, 9.17) is 9.47 Å². The lowest BCUT2D eigenvalue weighted by Gasteiger charge is -2.24. The standard InChI is InChI=1S/C18H18O4/c1-13(19)18(2,3)22-16-12-8-7-11-15(16)21-17(20)14-9-5-4-6-10-14/h4-12H,1-3H3. The number of ketones is 1. The number of rotatable bonds is 5. The van der Waals surface area contributed by atoms with Gasteiger partial charge < -0.3 is 9.47 Å². The molecule has 2 aromatic rings. The number of esters is 1. The molecule has 0 aliphatic heterocycles. The van der Waals surface area contributed by atoms with Crippen molar-refractivity contribution in [2.24, 2.45) is 0 Å². The molecular formula is C18H18O4. The fourth-order valence-electron chi connectivity index (χ4n) is 1.70. The topological polar surface area (TPSA) is 52.6 Å². The predicted octanol–water partition coefficient (Wildman–Crippen LogP) is 3.65. The van der Waals surface area contributed by atoms with E-state index in [9.17, 15) is 9.59 Å². The highest BCUT2D eigenvalue weighted by Crippen LogP contribution is 2.30. The summed E-state index contributed by atoms with van der Waals surface area (Å²) in [5.41, 5.74) is -0.543. The third-order valence-corrected chi connectivity index (χ3v) is 3.27. The number of carbonyl (C=O) groups is 2. The molecule has 0 amide bonds. The zero-order valence-corrected chi connectivity index (χ0v) is 12.8. The van der Waals surface area contributed by atoms with Crippen LogP contribution in [0.25, 0.3) is 0 Å². The van der Waals surface area contributed by atoms with Gasteiger partial charge in [-0.1, -0.05) is 30.3 Å². The lowest BCUT2D eigenvalue weighted by molar-refractivity contribution is -0.129. The van der Waals surface area contributed by atoms with Gasteiger partial charge in [0.05, 0.1) is 5.56 Å². The maximum absolute atomic E-state index is 12.1. The fraction of sp³-hybridized carbons (Fsp3) is 0.222. The molecule has 4 nitrogen and oxygen atoms in total. The molecule has 0 saturated heterocycles. The van der Waals surface area contributed by atoms with Crippen LogP contribution in [0.4, 0.5) is 0 Å². The molecule has 22 heavy (non-hydrogen) atoms. The lowest BCUT2D eigenvalue weighted by atomic mass is 10.1. The Morgan fingerprint density at radius 2 is 1.41 bits per heavy atom. The number of benzene rings is 2. The van der Waals surface area contributed by atoms with Crippen LogP contribution in [0.3, 0.4) is 0 Å². The van der Waals surface area contributed by atoms with E-state index in [0.717, 1.165) is 0 Å². The normalized spacial score (nSPS) is 10.9. The van der Waals surface area contributed by atoms with Crippen molar-refractivity contribution < 1.29 is 19.1 Å². The largest absolute Gasteiger partial charge is 0.476 e. The van der Waals surface area contributed by atoms with Crippen LogP contribution in [0.1, 0.15) is 31.1 Å². The van der Waals surface area contributed by atoms with Gasteiger partial charge in [0.15, 0.2) is 22.9 Å². The van der Waals surface area contributed by atoms with Gasteiger partial charge in [0, 0.05) is 0 Å². The highest BCUT2D eigenvalue weighted by Gasteiger charge is 2.27. The first-order valence-electron chi connectivity index (χ1n) is 6.96. The number of Topliss-reactive ketones (excluding diaryl/α,β-unsaturated/α-hetero) is 1. The Bertz CT molecular complexity index is 674. The Balaban J connectivity index is 2.22. The Morgan fingerprint density at radius 3 is 2.00 bits per heavy atom. The van der Waals surface area contributed by atoms with Crippen molar-refractivity contribution in [3.8, 4) is 11.5 Å². The zero-order chi connectivity index (χ0) is 16.2. The molecule has 2 aromatic carbocycles. The number of carbonyl (C=O) groups excluding carboxylic acids is 2. The number of para-hydroxylation sites is 2. The highest BCUT2D eigenvalue weighted by molar-refractivity contribution is 5.91. The molecular weight excluding hydrogens is 280 g/mol. The molecule has 0 atom stereocenters. The van der Waals surface area contributed by atoms with Crippen LogP contribution in [-0.4, -0.2) is 17.4 Å². The van der Waals surface area contributed by atoms with Gasteiger partial charge in [-0.15, -0.1) is 0 Å². The Hall–Kier alpha value is -2.62. The summed E-state index contributed by atoms with van der Waals surface area (Å²) in [4.78, 5) is 23.7. The SMILES string of the molecule is CC(=O)C(C)(C)Oc1ccccc1OC(=O)c1ccccc1. The van der Waals surface area contributed by atoms with Gasteiger partial charge in [-0.2, -0.15) is 0 Å². The summed E-state index contributed by atoms with van der Waals surface area (Å²) in [6.45, 7) is 4.80. The van der Waals surface area contributed by atoms with Crippen LogP contribution in [0.5, 0.6) is 11.5 Å². The van der Waals surface area contributed by atoms with Crippen LogP contribution in [0.15, 0.2) is 54.6 Å². The second-order valence-electron chi connectivity index (χ2n) is 5.37. The summed E-state index contributed by atoms with van der Waals surface area (Å²) in [5.74, 6) is 0.0478. The van der Waals surface area contributed by atoms with E-state index >= 15 is 0 Å². The smallest absolute Gasteiger partial charge is 0.343 e. The Labute approximate surface area is 129 Å². The van der Waals surface area contributed by atoms with E-state index in [2.05, 4.69) is 0 Å². The highest BCUT2D eigenvalue weighted by atomic mass is 16.6. The van der Waals surface area contributed by atoms with Crippen molar-refractivity contribution in [1.82, 2.24) is 0 Å². The van der Waals surface area contributed by atoms with Gasteiger partial charge >= 0.3 is 5.97 Å². The molecule has 4 heteroatoms. The van der Waals surface area contributed by atoms with Crippen LogP contribution >= 0.6 is 0 Å². The minimum atomic E-state index is -0.991. The molecule has 0 bridgehead atoms. The molecule has 2 rings (SSSR count). The van der Waals surface area contributed by atoms with Crippen molar-refractivity contribution in [3.05, 3.63) is 60.2 Å².